The molecule has 2 heterocycles. The quantitative estimate of drug-likeness (QED) is 0.754. The molecule has 0 unspecified atom stereocenters. The van der Waals surface area contributed by atoms with Crippen LogP contribution in [0.2, 0.25) is 0 Å². The molecule has 16 heavy (non-hydrogen) atoms. The topological polar surface area (TPSA) is 67.1 Å². The van der Waals surface area contributed by atoms with E-state index in [4.69, 9.17) is 9.47 Å². The largest absolute Gasteiger partial charge is 0.486 e. The Balaban J connectivity index is 2.06. The second-order valence-corrected chi connectivity index (χ2v) is 3.53. The first-order chi connectivity index (χ1) is 7.83. The van der Waals surface area contributed by atoms with Gasteiger partial charge in [-0.25, -0.2) is 0 Å². The third kappa shape index (κ3) is 1.46. The minimum atomic E-state index is -0.148. The molecule has 0 bridgehead atoms. The molecule has 1 aliphatic heterocycles. The van der Waals surface area contributed by atoms with Gasteiger partial charge < -0.3 is 9.47 Å². The molecule has 1 aromatic carbocycles. The van der Waals surface area contributed by atoms with Gasteiger partial charge in [0.2, 0.25) is 0 Å². The first-order valence-corrected chi connectivity index (χ1v) is 5.01. The van der Waals surface area contributed by atoms with Crippen LogP contribution in [-0.2, 0) is 0 Å². The number of fused-ring (bicyclic) bond motifs is 1. The minimum absolute atomic E-state index is 0.148. The number of rotatable bonds is 1. The van der Waals surface area contributed by atoms with Gasteiger partial charge >= 0.3 is 0 Å². The molecule has 1 aromatic heterocycles. The van der Waals surface area contributed by atoms with Crippen molar-refractivity contribution in [3.63, 3.8) is 0 Å². The number of hydrogen-bond donors (Lipinski definition) is 2. The van der Waals surface area contributed by atoms with Gasteiger partial charge in [-0.2, -0.15) is 0 Å². The molecule has 2 aromatic rings. The molecule has 3 rings (SSSR count). The molecule has 0 atom stereocenters. The van der Waals surface area contributed by atoms with Crippen LogP contribution in [-0.4, -0.2) is 23.4 Å². The van der Waals surface area contributed by atoms with Crippen LogP contribution in [0, 0.1) is 0 Å². The van der Waals surface area contributed by atoms with E-state index < -0.39 is 0 Å². The Morgan fingerprint density at radius 3 is 2.56 bits per heavy atom. The molecule has 82 valence electrons. The number of nitrogens with one attached hydrogen (secondary N) is 2. The highest BCUT2D eigenvalue weighted by Crippen LogP contribution is 2.33. The van der Waals surface area contributed by atoms with E-state index in [1.165, 1.54) is 6.07 Å². The maximum atomic E-state index is 11.0. The predicted octanol–water partition coefficient (Wildman–Crippen LogP) is 1.14. The molecule has 5 heteroatoms. The Morgan fingerprint density at radius 2 is 1.81 bits per heavy atom. The van der Waals surface area contributed by atoms with Crippen LogP contribution in [0.4, 0.5) is 0 Å². The monoisotopic (exact) mass is 218 g/mol. The van der Waals surface area contributed by atoms with Crippen LogP contribution >= 0.6 is 0 Å². The third-order valence-corrected chi connectivity index (χ3v) is 2.45. The number of benzene rings is 1. The van der Waals surface area contributed by atoms with Crippen molar-refractivity contribution in [1.29, 1.82) is 0 Å². The third-order valence-electron chi connectivity index (χ3n) is 2.45. The van der Waals surface area contributed by atoms with Gasteiger partial charge in [-0.1, -0.05) is 0 Å². The smallest absolute Gasteiger partial charge is 0.264 e. The normalized spacial score (nSPS) is 13.8. The molecule has 0 fully saturated rings. The fourth-order valence-corrected chi connectivity index (χ4v) is 1.70. The predicted molar refractivity (Wildman–Crippen MR) is 57.8 cm³/mol. The number of ether oxygens (including phenoxy) is 2. The molecule has 1 aliphatic rings. The Bertz CT molecular complexity index is 571. The van der Waals surface area contributed by atoms with Gasteiger partial charge in [0.25, 0.3) is 5.56 Å². The molecule has 5 nitrogen and oxygen atoms in total. The van der Waals surface area contributed by atoms with Gasteiger partial charge in [0.1, 0.15) is 13.2 Å². The van der Waals surface area contributed by atoms with E-state index in [2.05, 4.69) is 10.2 Å². The van der Waals surface area contributed by atoms with E-state index in [-0.39, 0.29) is 5.56 Å². The van der Waals surface area contributed by atoms with Gasteiger partial charge in [0.15, 0.2) is 11.5 Å². The number of H-pyrrole nitrogens is 2. The summed E-state index contributed by atoms with van der Waals surface area (Å²) in [4.78, 5) is 11.0. The van der Waals surface area contributed by atoms with Gasteiger partial charge in [-0.3, -0.25) is 15.0 Å². The molecule has 0 aliphatic carbocycles. The highest BCUT2D eigenvalue weighted by molar-refractivity contribution is 5.63. The Kier molecular flexibility index (Phi) is 1.96. The van der Waals surface area contributed by atoms with Gasteiger partial charge in [-0.05, 0) is 18.2 Å². The molecule has 0 spiro atoms. The first kappa shape index (κ1) is 9.08. The summed E-state index contributed by atoms with van der Waals surface area (Å²) < 4.78 is 10.9. The highest BCUT2D eigenvalue weighted by atomic mass is 16.6. The van der Waals surface area contributed by atoms with Crippen molar-refractivity contribution in [1.82, 2.24) is 10.2 Å². The molecule has 2 N–H and O–H groups in total. The zero-order valence-electron chi connectivity index (χ0n) is 8.45. The molecule has 0 saturated carbocycles. The van der Waals surface area contributed by atoms with Gasteiger partial charge in [0, 0.05) is 11.6 Å². The van der Waals surface area contributed by atoms with Crippen molar-refractivity contribution in [2.75, 3.05) is 13.2 Å². The summed E-state index contributed by atoms with van der Waals surface area (Å²) in [6.07, 6.45) is 0. The zero-order chi connectivity index (χ0) is 11.0. The summed E-state index contributed by atoms with van der Waals surface area (Å²) in [6.45, 7) is 1.13. The Hall–Kier alpha value is -2.17. The molecule has 0 radical (unpaired) electrons. The lowest BCUT2D eigenvalue weighted by Gasteiger charge is -2.18. The van der Waals surface area contributed by atoms with E-state index in [1.807, 2.05) is 18.2 Å². The van der Waals surface area contributed by atoms with Crippen LogP contribution in [0.15, 0.2) is 29.1 Å². The lowest BCUT2D eigenvalue weighted by Crippen LogP contribution is -2.15. The Labute approximate surface area is 91.0 Å². The van der Waals surface area contributed by atoms with Crippen LogP contribution < -0.4 is 15.0 Å². The van der Waals surface area contributed by atoms with E-state index in [0.717, 1.165) is 17.0 Å². The summed E-state index contributed by atoms with van der Waals surface area (Å²) in [5.74, 6) is 1.46. The van der Waals surface area contributed by atoms with Crippen LogP contribution in [0.5, 0.6) is 11.5 Å². The fraction of sp³-hybridized carbons (Fsp3) is 0.182. The van der Waals surface area contributed by atoms with Crippen LogP contribution in [0.3, 0.4) is 0 Å². The average Bonchev–Trinajstić information content (AvgIpc) is 2.75. The molecular weight excluding hydrogens is 208 g/mol. The summed E-state index contributed by atoms with van der Waals surface area (Å²) in [5, 5.41) is 5.29. The highest BCUT2D eigenvalue weighted by Gasteiger charge is 2.12. The maximum absolute atomic E-state index is 11.0. The SMILES string of the molecule is O=c1cc(-c2ccc3c(c2)OCCO3)[nH][nH]1. The van der Waals surface area contributed by atoms with Crippen molar-refractivity contribution < 1.29 is 9.47 Å². The lowest BCUT2D eigenvalue weighted by molar-refractivity contribution is 0.171. The first-order valence-electron chi connectivity index (χ1n) is 5.01. The van der Waals surface area contributed by atoms with Crippen molar-refractivity contribution in [3.05, 3.63) is 34.6 Å². The lowest BCUT2D eigenvalue weighted by atomic mass is 10.1. The second kappa shape index (κ2) is 3.44. The standard InChI is InChI=1S/C11H10N2O3/c14-11-6-8(12-13-11)7-1-2-9-10(5-7)16-4-3-15-9/h1-2,5-6H,3-4H2,(H2,12,13,14). The summed E-state index contributed by atoms with van der Waals surface area (Å²) in [6, 6.07) is 7.08. The van der Waals surface area contributed by atoms with E-state index in [0.29, 0.717) is 19.0 Å². The summed E-state index contributed by atoms with van der Waals surface area (Å²) in [5.41, 5.74) is 1.48. The average molecular weight is 218 g/mol. The zero-order valence-corrected chi connectivity index (χ0v) is 8.45. The van der Waals surface area contributed by atoms with Crippen molar-refractivity contribution >= 4 is 0 Å². The molecule has 0 saturated heterocycles. The summed E-state index contributed by atoms with van der Waals surface area (Å²) >= 11 is 0. The van der Waals surface area contributed by atoms with Gasteiger partial charge in [0.05, 0.1) is 5.69 Å². The molecular formula is C11H10N2O3. The van der Waals surface area contributed by atoms with Crippen molar-refractivity contribution in [2.24, 2.45) is 0 Å². The fourth-order valence-electron chi connectivity index (χ4n) is 1.70. The minimum Gasteiger partial charge on any atom is -0.486 e. The van der Waals surface area contributed by atoms with Gasteiger partial charge in [-0.15, -0.1) is 0 Å². The summed E-state index contributed by atoms with van der Waals surface area (Å²) in [7, 11) is 0. The number of aromatic nitrogens is 2. The van der Waals surface area contributed by atoms with E-state index >= 15 is 0 Å². The Morgan fingerprint density at radius 1 is 1.00 bits per heavy atom. The van der Waals surface area contributed by atoms with Crippen molar-refractivity contribution in [3.8, 4) is 22.8 Å². The van der Waals surface area contributed by atoms with E-state index in [9.17, 15) is 4.79 Å². The van der Waals surface area contributed by atoms with Crippen molar-refractivity contribution in [2.45, 2.75) is 0 Å². The maximum Gasteiger partial charge on any atom is 0.264 e. The van der Waals surface area contributed by atoms with E-state index in [1.54, 1.807) is 0 Å². The second-order valence-electron chi connectivity index (χ2n) is 3.53. The number of aromatic amines is 2. The molecule has 0 amide bonds. The van der Waals surface area contributed by atoms with Crippen LogP contribution in [0.1, 0.15) is 0 Å². The number of hydrogen-bond acceptors (Lipinski definition) is 3. The van der Waals surface area contributed by atoms with Crippen LogP contribution in [0.25, 0.3) is 11.3 Å².